The van der Waals surface area contributed by atoms with E-state index in [9.17, 15) is 20.1 Å². The van der Waals surface area contributed by atoms with Crippen molar-refractivity contribution in [2.24, 2.45) is 5.73 Å². The molecule has 0 aliphatic heterocycles. The van der Waals surface area contributed by atoms with Crippen LogP contribution < -0.4 is 5.73 Å². The quantitative estimate of drug-likeness (QED) is 0.180. The molecule has 8 heteroatoms. The molecule has 3 unspecified atom stereocenters. The molecule has 0 aromatic carbocycles. The summed E-state index contributed by atoms with van der Waals surface area (Å²) < 4.78 is 0. The largest absolute Gasteiger partial charge is 0.396 e. The molecule has 0 aliphatic rings. The normalized spacial score (nSPS) is 14.3. The van der Waals surface area contributed by atoms with Gasteiger partial charge in [0.15, 0.2) is 0 Å². The summed E-state index contributed by atoms with van der Waals surface area (Å²) in [5.74, 6) is -0.304. The number of amides is 1. The van der Waals surface area contributed by atoms with Crippen LogP contribution in [0.5, 0.6) is 0 Å². The third-order valence-electron chi connectivity index (χ3n) is 4.35. The maximum Gasteiger partial charge on any atom is 0.217 e. The summed E-state index contributed by atoms with van der Waals surface area (Å²) in [5.41, 5.74) is 5.12. The predicted octanol–water partition coefficient (Wildman–Crippen LogP) is 0.378. The molecule has 0 radical (unpaired) electrons. The van der Waals surface area contributed by atoms with Crippen LogP contribution in [0, 0.1) is 0 Å². The van der Waals surface area contributed by atoms with Crippen molar-refractivity contribution in [3.05, 3.63) is 0 Å². The highest BCUT2D eigenvalue weighted by atomic mass is 16.3. The average molecular weight is 409 g/mol. The van der Waals surface area contributed by atoms with Crippen molar-refractivity contribution >= 4 is 5.91 Å². The van der Waals surface area contributed by atoms with Crippen molar-refractivity contribution in [1.82, 2.24) is 4.90 Å². The van der Waals surface area contributed by atoms with E-state index in [-0.39, 0.29) is 32.0 Å². The third kappa shape index (κ3) is 20.0. The lowest BCUT2D eigenvalue weighted by molar-refractivity contribution is -0.118. The Hall–Kier alpha value is -0.770. The van der Waals surface area contributed by atoms with Gasteiger partial charge in [-0.15, -0.1) is 0 Å². The zero-order valence-corrected chi connectivity index (χ0v) is 17.8. The van der Waals surface area contributed by atoms with E-state index < -0.39 is 18.3 Å². The van der Waals surface area contributed by atoms with Crippen molar-refractivity contribution in [1.29, 1.82) is 0 Å². The predicted molar refractivity (Wildman–Crippen MR) is 111 cm³/mol. The summed E-state index contributed by atoms with van der Waals surface area (Å²) in [6.07, 6.45) is 2.97. The summed E-state index contributed by atoms with van der Waals surface area (Å²) in [7, 11) is 0. The van der Waals surface area contributed by atoms with Gasteiger partial charge in [0, 0.05) is 39.1 Å². The molecule has 7 N–H and O–H groups in total. The Kier molecular flexibility index (Phi) is 22.0. The van der Waals surface area contributed by atoms with Gasteiger partial charge in [-0.3, -0.25) is 4.79 Å². The average Bonchev–Trinajstić information content (AvgIpc) is 2.65. The van der Waals surface area contributed by atoms with Crippen molar-refractivity contribution in [2.75, 3.05) is 32.8 Å². The van der Waals surface area contributed by atoms with E-state index in [0.29, 0.717) is 38.8 Å². The number of primary amides is 1. The molecule has 0 bridgehead atoms. The smallest absolute Gasteiger partial charge is 0.217 e. The Labute approximate surface area is 170 Å². The van der Waals surface area contributed by atoms with Crippen molar-refractivity contribution in [2.45, 2.75) is 89.9 Å². The van der Waals surface area contributed by atoms with Crippen LogP contribution in [0.1, 0.15) is 71.6 Å². The zero-order chi connectivity index (χ0) is 21.8. The number of nitrogens with two attached hydrogens (primary N) is 1. The van der Waals surface area contributed by atoms with E-state index >= 15 is 0 Å². The molecule has 3 atom stereocenters. The van der Waals surface area contributed by atoms with Gasteiger partial charge in [-0.05, 0) is 45.1 Å². The second-order valence-electron chi connectivity index (χ2n) is 6.94. The summed E-state index contributed by atoms with van der Waals surface area (Å²) in [5, 5.41) is 47.4. The van der Waals surface area contributed by atoms with Crippen molar-refractivity contribution in [3.8, 4) is 0 Å². The SMILES string of the molecule is CC.NC(=O)CCCCCN(CCC(O)CCCO)CC(O)CC(O)CCO. The van der Waals surface area contributed by atoms with Crippen LogP contribution in [0.15, 0.2) is 0 Å². The Morgan fingerprint density at radius 2 is 1.50 bits per heavy atom. The van der Waals surface area contributed by atoms with Crippen LogP contribution in [-0.4, -0.2) is 87.5 Å². The van der Waals surface area contributed by atoms with Crippen LogP contribution in [0.25, 0.3) is 0 Å². The Balaban J connectivity index is 0. The van der Waals surface area contributed by atoms with Gasteiger partial charge in [0.1, 0.15) is 0 Å². The minimum Gasteiger partial charge on any atom is -0.396 e. The second kappa shape index (κ2) is 21.0. The fourth-order valence-electron chi connectivity index (χ4n) is 2.86. The maximum atomic E-state index is 10.8. The van der Waals surface area contributed by atoms with Gasteiger partial charge in [-0.2, -0.15) is 0 Å². The number of hydrogen-bond acceptors (Lipinski definition) is 7. The molecule has 1 amide bonds. The van der Waals surface area contributed by atoms with Gasteiger partial charge in [-0.25, -0.2) is 0 Å². The van der Waals surface area contributed by atoms with Gasteiger partial charge in [0.25, 0.3) is 0 Å². The first-order valence-corrected chi connectivity index (χ1v) is 10.7. The summed E-state index contributed by atoms with van der Waals surface area (Å²) in [4.78, 5) is 12.8. The first kappa shape index (κ1) is 29.4. The molecule has 0 fully saturated rings. The molecule has 8 nitrogen and oxygen atoms in total. The van der Waals surface area contributed by atoms with Crippen LogP contribution in [0.2, 0.25) is 0 Å². The van der Waals surface area contributed by atoms with Gasteiger partial charge in [0.05, 0.1) is 18.3 Å². The standard InChI is InChI=1S/C18H38N2O6.C2H6/c19-18(26)6-2-1-3-9-20(10-7-15(23)5-4-11-21)14-17(25)13-16(24)8-12-22;1-2/h15-17,21-25H,1-14H2,(H2,19,26);1-2H3. The van der Waals surface area contributed by atoms with Crippen LogP contribution in [0.3, 0.4) is 0 Å². The highest BCUT2D eigenvalue weighted by Gasteiger charge is 2.17. The van der Waals surface area contributed by atoms with Gasteiger partial charge in [0.2, 0.25) is 5.91 Å². The monoisotopic (exact) mass is 408 g/mol. The summed E-state index contributed by atoms with van der Waals surface area (Å²) >= 11 is 0. The fraction of sp³-hybridized carbons (Fsp3) is 0.950. The van der Waals surface area contributed by atoms with Crippen molar-refractivity contribution in [3.63, 3.8) is 0 Å². The number of hydrogen-bond donors (Lipinski definition) is 6. The summed E-state index contributed by atoms with van der Waals surface area (Å²) in [6.45, 7) is 5.65. The molecule has 0 heterocycles. The number of rotatable bonds is 18. The zero-order valence-electron chi connectivity index (χ0n) is 17.8. The number of carbonyl (C=O) groups excluding carboxylic acids is 1. The molecule has 28 heavy (non-hydrogen) atoms. The van der Waals surface area contributed by atoms with E-state index in [1.165, 1.54) is 0 Å². The molecular weight excluding hydrogens is 364 g/mol. The topological polar surface area (TPSA) is 147 Å². The maximum absolute atomic E-state index is 10.8. The number of carbonyl (C=O) groups is 1. The summed E-state index contributed by atoms with van der Waals surface area (Å²) in [6, 6.07) is 0. The number of nitrogens with zero attached hydrogens (tertiary/aromatic N) is 1. The first-order chi connectivity index (χ1) is 13.4. The Morgan fingerprint density at radius 1 is 0.821 bits per heavy atom. The number of aliphatic hydroxyl groups excluding tert-OH is 5. The van der Waals surface area contributed by atoms with Crippen molar-refractivity contribution < 1.29 is 30.3 Å². The Bertz CT molecular complexity index is 347. The van der Waals surface area contributed by atoms with Crippen LogP contribution >= 0.6 is 0 Å². The van der Waals surface area contributed by atoms with Gasteiger partial charge < -0.3 is 36.2 Å². The number of aliphatic hydroxyl groups is 5. The Morgan fingerprint density at radius 3 is 2.07 bits per heavy atom. The molecule has 0 aromatic rings. The first-order valence-electron chi connectivity index (χ1n) is 10.7. The second-order valence-corrected chi connectivity index (χ2v) is 6.94. The van der Waals surface area contributed by atoms with Crippen LogP contribution in [-0.2, 0) is 4.79 Å². The van der Waals surface area contributed by atoms with Crippen LogP contribution in [0.4, 0.5) is 0 Å². The van der Waals surface area contributed by atoms with E-state index in [1.54, 1.807) is 0 Å². The van der Waals surface area contributed by atoms with E-state index in [4.69, 9.17) is 15.9 Å². The highest BCUT2D eigenvalue weighted by Crippen LogP contribution is 2.10. The van der Waals surface area contributed by atoms with Gasteiger partial charge >= 0.3 is 0 Å². The third-order valence-corrected chi connectivity index (χ3v) is 4.35. The van der Waals surface area contributed by atoms with E-state index in [2.05, 4.69) is 0 Å². The molecule has 0 rings (SSSR count). The highest BCUT2D eigenvalue weighted by molar-refractivity contribution is 5.73. The molecule has 0 aliphatic carbocycles. The molecule has 170 valence electrons. The van der Waals surface area contributed by atoms with E-state index in [0.717, 1.165) is 25.8 Å². The lowest BCUT2D eigenvalue weighted by atomic mass is 10.1. The van der Waals surface area contributed by atoms with Gasteiger partial charge in [-0.1, -0.05) is 20.3 Å². The lowest BCUT2D eigenvalue weighted by Crippen LogP contribution is -2.37. The molecule has 0 spiro atoms. The molecular formula is C20H44N2O6. The fourth-order valence-corrected chi connectivity index (χ4v) is 2.86. The molecule has 0 aromatic heterocycles. The minimum absolute atomic E-state index is 0.0576. The minimum atomic E-state index is -0.734. The molecule has 0 saturated carbocycles. The van der Waals surface area contributed by atoms with E-state index in [1.807, 2.05) is 18.7 Å². The number of unbranched alkanes of at least 4 members (excludes halogenated alkanes) is 2. The lowest BCUT2D eigenvalue weighted by Gasteiger charge is -2.27. The molecule has 0 saturated heterocycles.